The van der Waals surface area contributed by atoms with Crippen molar-refractivity contribution in [1.29, 1.82) is 0 Å². The maximum absolute atomic E-state index is 13.3. The molecule has 4 rings (SSSR count). The van der Waals surface area contributed by atoms with Crippen LogP contribution >= 0.6 is 0 Å². The predicted molar refractivity (Wildman–Crippen MR) is 126 cm³/mol. The first-order valence-electron chi connectivity index (χ1n) is 11.3. The molecule has 3 aromatic rings. The molecular formula is C23H29N5O5S. The summed E-state index contributed by atoms with van der Waals surface area (Å²) in [7, 11) is -2.37. The highest BCUT2D eigenvalue weighted by Gasteiger charge is 2.40. The number of H-pyrrole nitrogens is 1. The van der Waals surface area contributed by atoms with Gasteiger partial charge in [0.15, 0.2) is 0 Å². The first-order chi connectivity index (χ1) is 16.2. The lowest BCUT2D eigenvalue weighted by molar-refractivity contribution is -0.124. The van der Waals surface area contributed by atoms with E-state index >= 15 is 0 Å². The van der Waals surface area contributed by atoms with Gasteiger partial charge in [0.05, 0.1) is 17.6 Å². The first kappa shape index (κ1) is 24.0. The Bertz CT molecular complexity index is 1330. The fourth-order valence-corrected chi connectivity index (χ4v) is 5.95. The molecule has 34 heavy (non-hydrogen) atoms. The minimum absolute atomic E-state index is 0.0321. The van der Waals surface area contributed by atoms with Gasteiger partial charge in [-0.15, -0.1) is 0 Å². The second kappa shape index (κ2) is 9.59. The molecule has 182 valence electrons. The van der Waals surface area contributed by atoms with Gasteiger partial charge in [-0.05, 0) is 50.5 Å². The van der Waals surface area contributed by atoms with Gasteiger partial charge in [-0.2, -0.15) is 4.31 Å². The van der Waals surface area contributed by atoms with Crippen LogP contribution in [0.25, 0.3) is 11.0 Å². The number of hydrogen-bond acceptors (Lipinski definition) is 6. The first-order valence-corrected chi connectivity index (χ1v) is 12.7. The van der Waals surface area contributed by atoms with Crippen LogP contribution in [0.2, 0.25) is 0 Å². The molecule has 0 saturated carbocycles. The van der Waals surface area contributed by atoms with Crippen LogP contribution in [0.5, 0.6) is 0 Å². The molecule has 0 spiro atoms. The van der Waals surface area contributed by atoms with Crippen molar-refractivity contribution in [3.8, 4) is 0 Å². The van der Waals surface area contributed by atoms with Crippen molar-refractivity contribution in [3.63, 3.8) is 0 Å². The van der Waals surface area contributed by atoms with Crippen molar-refractivity contribution < 1.29 is 22.7 Å². The topological polar surface area (TPSA) is 126 Å². The largest absolute Gasteiger partial charge is 0.461 e. The summed E-state index contributed by atoms with van der Waals surface area (Å²) in [4.78, 5) is 32.7. The van der Waals surface area contributed by atoms with Crippen LogP contribution in [0.15, 0.2) is 35.4 Å². The lowest BCUT2D eigenvalue weighted by Crippen LogP contribution is -2.46. The molecule has 1 fully saturated rings. The van der Waals surface area contributed by atoms with Gasteiger partial charge in [0.2, 0.25) is 15.9 Å². The number of carbonyl (C=O) groups is 2. The van der Waals surface area contributed by atoms with Gasteiger partial charge in [0.25, 0.3) is 0 Å². The molecule has 10 nitrogen and oxygen atoms in total. The molecule has 2 aromatic heterocycles. The molecule has 0 radical (unpaired) electrons. The van der Waals surface area contributed by atoms with Gasteiger partial charge >= 0.3 is 5.97 Å². The number of ether oxygens (including phenoxy) is 1. The Morgan fingerprint density at radius 1 is 1.29 bits per heavy atom. The van der Waals surface area contributed by atoms with E-state index in [-0.39, 0.29) is 29.6 Å². The van der Waals surface area contributed by atoms with E-state index < -0.39 is 22.0 Å². The van der Waals surface area contributed by atoms with E-state index in [0.717, 1.165) is 22.4 Å². The summed E-state index contributed by atoms with van der Waals surface area (Å²) in [5.41, 5.74) is 3.08. The molecule has 0 unspecified atom stereocenters. The van der Waals surface area contributed by atoms with E-state index in [2.05, 4.69) is 15.3 Å². The smallest absolute Gasteiger partial charge is 0.354 e. The van der Waals surface area contributed by atoms with Gasteiger partial charge < -0.3 is 19.6 Å². The maximum Gasteiger partial charge on any atom is 0.354 e. The minimum Gasteiger partial charge on any atom is -0.461 e. The number of aryl methyl sites for hydroxylation is 2. The highest BCUT2D eigenvalue weighted by Crippen LogP contribution is 2.27. The van der Waals surface area contributed by atoms with Crippen LogP contribution in [0.1, 0.15) is 41.6 Å². The van der Waals surface area contributed by atoms with E-state index in [0.29, 0.717) is 25.8 Å². The lowest BCUT2D eigenvalue weighted by Gasteiger charge is -2.22. The van der Waals surface area contributed by atoms with Crippen LogP contribution in [0, 0.1) is 6.92 Å². The molecule has 3 heterocycles. The number of amides is 1. The summed E-state index contributed by atoms with van der Waals surface area (Å²) < 4.78 is 34.2. The zero-order valence-electron chi connectivity index (χ0n) is 19.5. The number of aromatic amines is 1. The molecule has 1 aliphatic rings. The molecule has 11 heteroatoms. The molecule has 0 bridgehead atoms. The van der Waals surface area contributed by atoms with Crippen molar-refractivity contribution in [2.75, 3.05) is 19.7 Å². The number of nitrogens with one attached hydrogen (secondary N) is 2. The van der Waals surface area contributed by atoms with Crippen molar-refractivity contribution >= 4 is 32.9 Å². The fourth-order valence-electron chi connectivity index (χ4n) is 4.23. The van der Waals surface area contributed by atoms with Gasteiger partial charge in [0.1, 0.15) is 22.5 Å². The zero-order valence-corrected chi connectivity index (χ0v) is 20.3. The van der Waals surface area contributed by atoms with E-state index in [1.54, 1.807) is 14.0 Å². The number of aromatic nitrogens is 3. The average Bonchev–Trinajstić information content (AvgIpc) is 3.51. The summed E-state index contributed by atoms with van der Waals surface area (Å²) in [6.45, 7) is 4.46. The maximum atomic E-state index is 13.3. The molecule has 1 aliphatic heterocycles. The monoisotopic (exact) mass is 487 g/mol. The summed E-state index contributed by atoms with van der Waals surface area (Å²) in [6, 6.07) is 6.45. The molecule has 0 aliphatic carbocycles. The Labute approximate surface area is 198 Å². The highest BCUT2D eigenvalue weighted by molar-refractivity contribution is 7.89. The van der Waals surface area contributed by atoms with Gasteiger partial charge in [0, 0.05) is 32.8 Å². The Balaban J connectivity index is 1.42. The number of sulfonamides is 1. The Kier molecular flexibility index (Phi) is 6.76. The third kappa shape index (κ3) is 4.71. The van der Waals surface area contributed by atoms with Gasteiger partial charge in [-0.25, -0.2) is 18.2 Å². The normalized spacial score (nSPS) is 16.7. The molecule has 1 atom stereocenters. The number of imidazole rings is 1. The third-order valence-electron chi connectivity index (χ3n) is 5.92. The molecule has 1 amide bonds. The van der Waals surface area contributed by atoms with E-state index in [9.17, 15) is 18.0 Å². The summed E-state index contributed by atoms with van der Waals surface area (Å²) in [5, 5.41) is 2.85. The number of benzene rings is 1. The van der Waals surface area contributed by atoms with Crippen molar-refractivity contribution in [2.24, 2.45) is 7.05 Å². The average molecular weight is 488 g/mol. The number of hydrogen-bond donors (Lipinski definition) is 2. The van der Waals surface area contributed by atoms with Crippen molar-refractivity contribution in [3.05, 3.63) is 47.5 Å². The fraction of sp³-hybridized carbons (Fsp3) is 0.435. The lowest BCUT2D eigenvalue weighted by atomic mass is 10.2. The van der Waals surface area contributed by atoms with Gasteiger partial charge in [-0.1, -0.05) is 6.07 Å². The molecule has 2 N–H and O–H groups in total. The molecule has 1 aromatic carbocycles. The Hall–Kier alpha value is -3.18. The second-order valence-electron chi connectivity index (χ2n) is 8.41. The number of rotatable bonds is 8. The van der Waals surface area contributed by atoms with E-state index in [1.807, 2.05) is 25.1 Å². The third-order valence-corrected chi connectivity index (χ3v) is 7.80. The van der Waals surface area contributed by atoms with E-state index in [4.69, 9.17) is 4.74 Å². The second-order valence-corrected chi connectivity index (χ2v) is 10.3. The number of esters is 1. The number of fused-ring (bicyclic) bond motifs is 1. The van der Waals surface area contributed by atoms with Crippen LogP contribution in [0.4, 0.5) is 0 Å². The highest BCUT2D eigenvalue weighted by atomic mass is 32.2. The standard InChI is InChI=1S/C23H29N5O5S/c1-4-33-23(30)20-13-16(14-27(20)3)34(31,32)28-11-5-6-19(28)22(29)24-10-9-21-25-17-8-7-15(2)12-18(17)26-21/h7-8,12-14,19H,4-6,9-11H2,1-3H3,(H,24,29)(H,25,26)/t19-/m1/s1. The minimum atomic E-state index is -3.96. The Morgan fingerprint density at radius 2 is 2.09 bits per heavy atom. The van der Waals surface area contributed by atoms with E-state index in [1.165, 1.54) is 21.1 Å². The molecule has 1 saturated heterocycles. The zero-order chi connectivity index (χ0) is 24.5. The predicted octanol–water partition coefficient (Wildman–Crippen LogP) is 1.90. The summed E-state index contributed by atoms with van der Waals surface area (Å²) in [5.74, 6) is -0.176. The summed E-state index contributed by atoms with van der Waals surface area (Å²) >= 11 is 0. The molecular weight excluding hydrogens is 458 g/mol. The van der Waals surface area contributed by atoms with Crippen LogP contribution in [-0.4, -0.2) is 64.9 Å². The van der Waals surface area contributed by atoms with Crippen LogP contribution in [-0.2, 0) is 33.0 Å². The Morgan fingerprint density at radius 3 is 2.85 bits per heavy atom. The number of carbonyl (C=O) groups excluding carboxylic acids is 2. The van der Waals surface area contributed by atoms with Crippen LogP contribution in [0.3, 0.4) is 0 Å². The van der Waals surface area contributed by atoms with Crippen molar-refractivity contribution in [2.45, 2.75) is 44.0 Å². The SMILES string of the molecule is CCOC(=O)c1cc(S(=O)(=O)N2CCC[C@@H]2C(=O)NCCc2nc3ccc(C)cc3[nH]2)cn1C. The van der Waals surface area contributed by atoms with Crippen molar-refractivity contribution in [1.82, 2.24) is 24.2 Å². The quantitative estimate of drug-likeness (QED) is 0.468. The number of nitrogens with zero attached hydrogens (tertiary/aromatic N) is 3. The van der Waals surface area contributed by atoms with Gasteiger partial charge in [-0.3, -0.25) is 4.79 Å². The van der Waals surface area contributed by atoms with Crippen LogP contribution < -0.4 is 5.32 Å². The summed E-state index contributed by atoms with van der Waals surface area (Å²) in [6.07, 6.45) is 2.89.